The third-order valence-corrected chi connectivity index (χ3v) is 5.52. The first-order chi connectivity index (χ1) is 9.89. The Bertz CT molecular complexity index is 349. The molecule has 1 saturated carbocycles. The Morgan fingerprint density at radius 2 is 1.86 bits per heavy atom. The predicted octanol–water partition coefficient (Wildman–Crippen LogP) is 3.26. The summed E-state index contributed by atoms with van der Waals surface area (Å²) in [5, 5.41) is 4.60. The molecule has 2 aliphatic rings. The van der Waals surface area contributed by atoms with Crippen LogP contribution < -0.4 is 5.32 Å². The highest BCUT2D eigenvalue weighted by molar-refractivity contribution is 7.99. The second kappa shape index (κ2) is 7.23. The van der Waals surface area contributed by atoms with Crippen LogP contribution in [-0.2, 0) is 4.74 Å². The number of likely N-dealkylation sites (tertiary alicyclic amines) is 1. The Hall–Kier alpha value is -0.420. The largest absolute Gasteiger partial charge is 0.444 e. The minimum Gasteiger partial charge on any atom is -0.444 e. The summed E-state index contributed by atoms with van der Waals surface area (Å²) in [7, 11) is 0. The van der Waals surface area contributed by atoms with E-state index in [0.717, 1.165) is 31.2 Å². The van der Waals surface area contributed by atoms with E-state index in [1.807, 2.05) is 37.4 Å². The first kappa shape index (κ1) is 16.9. The zero-order valence-corrected chi connectivity index (χ0v) is 14.7. The van der Waals surface area contributed by atoms with Gasteiger partial charge in [0.05, 0.1) is 0 Å². The third kappa shape index (κ3) is 5.06. The van der Waals surface area contributed by atoms with Crippen LogP contribution in [0.3, 0.4) is 0 Å². The highest BCUT2D eigenvalue weighted by atomic mass is 32.2. The van der Waals surface area contributed by atoms with Gasteiger partial charge in [-0.25, -0.2) is 4.79 Å². The zero-order chi connectivity index (χ0) is 15.5. The predicted molar refractivity (Wildman–Crippen MR) is 88.9 cm³/mol. The lowest BCUT2D eigenvalue weighted by molar-refractivity contribution is 0.0196. The molecule has 1 aliphatic heterocycles. The van der Waals surface area contributed by atoms with Gasteiger partial charge in [0, 0.05) is 30.4 Å². The molecule has 0 radical (unpaired) electrons. The molecule has 122 valence electrons. The van der Waals surface area contributed by atoms with Gasteiger partial charge in [-0.2, -0.15) is 11.8 Å². The van der Waals surface area contributed by atoms with E-state index in [1.54, 1.807) is 0 Å². The standard InChI is InChI=1S/C16H30N2O2S/c1-16(2,3)20-15(19)18-10-8-12(9-11-18)17-13-6-5-7-14(13)21-4/h12-14,17H,5-11H2,1-4H3. The molecule has 0 spiro atoms. The van der Waals surface area contributed by atoms with Crippen LogP contribution in [0.4, 0.5) is 4.79 Å². The highest BCUT2D eigenvalue weighted by Gasteiger charge is 2.31. The van der Waals surface area contributed by atoms with Crippen LogP contribution in [0.5, 0.6) is 0 Å². The van der Waals surface area contributed by atoms with Gasteiger partial charge in [-0.05, 0) is 52.7 Å². The van der Waals surface area contributed by atoms with Gasteiger partial charge in [0.15, 0.2) is 0 Å². The van der Waals surface area contributed by atoms with Crippen LogP contribution in [0, 0.1) is 0 Å². The maximum Gasteiger partial charge on any atom is 0.410 e. The molecule has 1 saturated heterocycles. The van der Waals surface area contributed by atoms with Crippen molar-refractivity contribution < 1.29 is 9.53 Å². The quantitative estimate of drug-likeness (QED) is 0.868. The fraction of sp³-hybridized carbons (Fsp3) is 0.938. The lowest BCUT2D eigenvalue weighted by Gasteiger charge is -2.35. The minimum atomic E-state index is -0.401. The average molecular weight is 314 g/mol. The molecule has 1 amide bonds. The van der Waals surface area contributed by atoms with E-state index in [1.165, 1.54) is 19.3 Å². The van der Waals surface area contributed by atoms with E-state index in [9.17, 15) is 4.79 Å². The molecular weight excluding hydrogens is 284 g/mol. The van der Waals surface area contributed by atoms with Gasteiger partial charge in [0.1, 0.15) is 5.60 Å². The van der Waals surface area contributed by atoms with Crippen LogP contribution in [0.15, 0.2) is 0 Å². The first-order valence-electron chi connectivity index (χ1n) is 8.16. The second-order valence-corrected chi connectivity index (χ2v) is 8.30. The number of nitrogens with one attached hydrogen (secondary N) is 1. The number of ether oxygens (including phenoxy) is 1. The SMILES string of the molecule is CSC1CCCC1NC1CCN(C(=O)OC(C)(C)C)CC1. The number of piperidine rings is 1. The third-order valence-electron chi connectivity index (χ3n) is 4.35. The molecule has 0 aromatic carbocycles. The maximum atomic E-state index is 12.0. The summed E-state index contributed by atoms with van der Waals surface area (Å²) in [5.41, 5.74) is -0.401. The molecular formula is C16H30N2O2S. The number of hydrogen-bond acceptors (Lipinski definition) is 4. The van der Waals surface area contributed by atoms with E-state index in [-0.39, 0.29) is 6.09 Å². The molecule has 0 aromatic rings. The summed E-state index contributed by atoms with van der Waals surface area (Å²) < 4.78 is 5.44. The van der Waals surface area contributed by atoms with Gasteiger partial charge < -0.3 is 15.0 Å². The fourth-order valence-electron chi connectivity index (χ4n) is 3.26. The van der Waals surface area contributed by atoms with Crippen molar-refractivity contribution >= 4 is 17.9 Å². The first-order valence-corrected chi connectivity index (χ1v) is 9.44. The van der Waals surface area contributed by atoms with Crippen molar-refractivity contribution in [1.82, 2.24) is 10.2 Å². The van der Waals surface area contributed by atoms with E-state index in [4.69, 9.17) is 4.74 Å². The van der Waals surface area contributed by atoms with Gasteiger partial charge in [-0.3, -0.25) is 0 Å². The van der Waals surface area contributed by atoms with Crippen LogP contribution >= 0.6 is 11.8 Å². The Morgan fingerprint density at radius 1 is 1.19 bits per heavy atom. The summed E-state index contributed by atoms with van der Waals surface area (Å²) in [5.74, 6) is 0. The van der Waals surface area contributed by atoms with E-state index in [2.05, 4.69) is 11.6 Å². The maximum absolute atomic E-state index is 12.0. The second-order valence-electron chi connectivity index (χ2n) is 7.22. The highest BCUT2D eigenvalue weighted by Crippen LogP contribution is 2.29. The summed E-state index contributed by atoms with van der Waals surface area (Å²) >= 11 is 1.99. The number of nitrogens with zero attached hydrogens (tertiary/aromatic N) is 1. The summed E-state index contributed by atoms with van der Waals surface area (Å²) in [6.45, 7) is 7.37. The van der Waals surface area contributed by atoms with Crippen molar-refractivity contribution in [3.63, 3.8) is 0 Å². The van der Waals surface area contributed by atoms with Crippen molar-refractivity contribution in [2.45, 2.75) is 75.8 Å². The Labute approximate surface area is 133 Å². The number of hydrogen-bond donors (Lipinski definition) is 1. The lowest BCUT2D eigenvalue weighted by Crippen LogP contribution is -2.49. The van der Waals surface area contributed by atoms with Crippen molar-refractivity contribution in [3.05, 3.63) is 0 Å². The Morgan fingerprint density at radius 3 is 2.43 bits per heavy atom. The number of rotatable bonds is 3. The average Bonchev–Trinajstić information content (AvgIpc) is 2.85. The topological polar surface area (TPSA) is 41.6 Å². The smallest absolute Gasteiger partial charge is 0.410 e. The molecule has 21 heavy (non-hydrogen) atoms. The van der Waals surface area contributed by atoms with E-state index < -0.39 is 5.60 Å². The van der Waals surface area contributed by atoms with Crippen molar-refractivity contribution in [3.8, 4) is 0 Å². The molecule has 5 heteroatoms. The van der Waals surface area contributed by atoms with Crippen molar-refractivity contribution in [1.29, 1.82) is 0 Å². The van der Waals surface area contributed by atoms with Crippen LogP contribution in [0.25, 0.3) is 0 Å². The molecule has 1 N–H and O–H groups in total. The van der Waals surface area contributed by atoms with Crippen LogP contribution in [-0.4, -0.2) is 53.3 Å². The molecule has 2 unspecified atom stereocenters. The van der Waals surface area contributed by atoms with Gasteiger partial charge in [-0.15, -0.1) is 0 Å². The van der Waals surface area contributed by atoms with Gasteiger partial charge in [-0.1, -0.05) is 6.42 Å². The van der Waals surface area contributed by atoms with Crippen molar-refractivity contribution in [2.24, 2.45) is 0 Å². The molecule has 1 aliphatic carbocycles. The summed E-state index contributed by atoms with van der Waals surface area (Å²) in [6, 6.07) is 1.22. The Kier molecular flexibility index (Phi) is 5.83. The summed E-state index contributed by atoms with van der Waals surface area (Å²) in [4.78, 5) is 13.9. The number of thioether (sulfide) groups is 1. The fourth-order valence-corrected chi connectivity index (χ4v) is 4.20. The minimum absolute atomic E-state index is 0.163. The van der Waals surface area contributed by atoms with Crippen LogP contribution in [0.1, 0.15) is 52.9 Å². The molecule has 2 fully saturated rings. The number of carbonyl (C=O) groups is 1. The normalized spacial score (nSPS) is 27.9. The molecule has 2 atom stereocenters. The monoisotopic (exact) mass is 314 g/mol. The zero-order valence-electron chi connectivity index (χ0n) is 13.9. The Balaban J connectivity index is 1.74. The lowest BCUT2D eigenvalue weighted by atomic mass is 10.0. The number of amides is 1. The molecule has 0 bridgehead atoms. The number of carbonyl (C=O) groups excluding carboxylic acids is 1. The van der Waals surface area contributed by atoms with E-state index in [0.29, 0.717) is 12.1 Å². The van der Waals surface area contributed by atoms with E-state index >= 15 is 0 Å². The van der Waals surface area contributed by atoms with Gasteiger partial charge in [0.25, 0.3) is 0 Å². The van der Waals surface area contributed by atoms with Gasteiger partial charge in [0.2, 0.25) is 0 Å². The molecule has 4 nitrogen and oxygen atoms in total. The van der Waals surface area contributed by atoms with Gasteiger partial charge >= 0.3 is 6.09 Å². The van der Waals surface area contributed by atoms with Crippen molar-refractivity contribution in [2.75, 3.05) is 19.3 Å². The summed E-state index contributed by atoms with van der Waals surface area (Å²) in [6.07, 6.45) is 8.13. The van der Waals surface area contributed by atoms with Crippen LogP contribution in [0.2, 0.25) is 0 Å². The molecule has 0 aromatic heterocycles. The molecule has 1 heterocycles. The molecule has 2 rings (SSSR count).